The molecule has 0 atom stereocenters. The van der Waals surface area contributed by atoms with Gasteiger partial charge in [0.25, 0.3) is 0 Å². The quantitative estimate of drug-likeness (QED) is 0.545. The number of nitrogen functional groups attached to an aromatic ring is 1. The minimum atomic E-state index is -0.595. The summed E-state index contributed by atoms with van der Waals surface area (Å²) in [4.78, 5) is 24.9. The minimum absolute atomic E-state index is 0.0416. The van der Waals surface area contributed by atoms with Gasteiger partial charge in [0.15, 0.2) is 0 Å². The third-order valence-electron chi connectivity index (χ3n) is 3.17. The second-order valence-corrected chi connectivity index (χ2v) is 7.34. The van der Waals surface area contributed by atoms with Gasteiger partial charge in [0, 0.05) is 10.5 Å². The Hall–Kier alpha value is -2.21. The van der Waals surface area contributed by atoms with Crippen molar-refractivity contribution in [1.82, 2.24) is 0 Å². The van der Waals surface area contributed by atoms with Crippen LogP contribution in [0.15, 0.2) is 29.2 Å². The van der Waals surface area contributed by atoms with Crippen molar-refractivity contribution in [2.45, 2.75) is 18.4 Å². The van der Waals surface area contributed by atoms with E-state index in [0.29, 0.717) is 5.02 Å². The second kappa shape index (κ2) is 9.48. The molecule has 0 amide bonds. The Morgan fingerprint density at radius 2 is 2.08 bits per heavy atom. The number of carbonyl (C=O) groups is 2. The Balaban J connectivity index is 2.04. The molecule has 136 valence electrons. The number of hydrogen-bond acceptors (Lipinski definition) is 8. The summed E-state index contributed by atoms with van der Waals surface area (Å²) < 4.78 is 10.2. The van der Waals surface area contributed by atoms with Crippen LogP contribution in [0, 0.1) is 11.3 Å². The lowest BCUT2D eigenvalue weighted by Gasteiger charge is -2.07. The zero-order valence-electron chi connectivity index (χ0n) is 13.8. The van der Waals surface area contributed by atoms with Crippen molar-refractivity contribution in [3.63, 3.8) is 0 Å². The van der Waals surface area contributed by atoms with Crippen molar-refractivity contribution in [3.05, 3.63) is 45.3 Å². The summed E-state index contributed by atoms with van der Waals surface area (Å²) in [6, 6.07) is 9.08. The third-order valence-corrected chi connectivity index (χ3v) is 5.70. The molecule has 0 saturated carbocycles. The van der Waals surface area contributed by atoms with E-state index in [1.165, 1.54) is 11.8 Å². The van der Waals surface area contributed by atoms with Crippen molar-refractivity contribution in [3.8, 4) is 6.07 Å². The number of thioether (sulfide) groups is 1. The van der Waals surface area contributed by atoms with Crippen LogP contribution in [0.2, 0.25) is 5.02 Å². The minimum Gasteiger partial charge on any atom is -0.462 e. The standard InChI is InChI=1S/C17H15ClN2O4S2/c1-2-23-17(22)15-11(10(7-19)16(20)26-15)8-24-14(21)9-25-13-6-4-3-5-12(13)18/h3-6H,2,8-9,20H2,1H3. The van der Waals surface area contributed by atoms with Crippen LogP contribution < -0.4 is 5.73 Å². The molecule has 1 heterocycles. The van der Waals surface area contributed by atoms with Gasteiger partial charge in [-0.15, -0.1) is 23.1 Å². The van der Waals surface area contributed by atoms with Crippen LogP contribution in [-0.2, 0) is 20.9 Å². The highest BCUT2D eigenvalue weighted by Crippen LogP contribution is 2.32. The summed E-state index contributed by atoms with van der Waals surface area (Å²) in [7, 11) is 0. The molecule has 0 aliphatic heterocycles. The van der Waals surface area contributed by atoms with E-state index >= 15 is 0 Å². The molecular weight excluding hydrogens is 396 g/mol. The molecule has 1 aromatic heterocycles. The van der Waals surface area contributed by atoms with Gasteiger partial charge in [-0.3, -0.25) is 4.79 Å². The highest BCUT2D eigenvalue weighted by atomic mass is 35.5. The molecule has 0 fully saturated rings. The number of rotatable bonds is 7. The van der Waals surface area contributed by atoms with E-state index in [-0.39, 0.29) is 40.0 Å². The highest BCUT2D eigenvalue weighted by Gasteiger charge is 2.23. The molecule has 9 heteroatoms. The Bertz CT molecular complexity index is 861. The Morgan fingerprint density at radius 1 is 1.35 bits per heavy atom. The largest absolute Gasteiger partial charge is 0.462 e. The average Bonchev–Trinajstić information content (AvgIpc) is 2.95. The molecule has 26 heavy (non-hydrogen) atoms. The molecule has 0 saturated heterocycles. The molecule has 0 unspecified atom stereocenters. The normalized spacial score (nSPS) is 10.2. The monoisotopic (exact) mass is 410 g/mol. The maximum Gasteiger partial charge on any atom is 0.348 e. The molecule has 0 bridgehead atoms. The number of carbonyl (C=O) groups excluding carboxylic acids is 2. The number of hydrogen-bond donors (Lipinski definition) is 1. The fourth-order valence-corrected chi connectivity index (χ4v) is 3.95. The van der Waals surface area contributed by atoms with Crippen LogP contribution in [0.4, 0.5) is 5.00 Å². The fraction of sp³-hybridized carbons (Fsp3) is 0.235. The number of halogens is 1. The number of benzene rings is 1. The molecule has 1 aromatic carbocycles. The van der Waals surface area contributed by atoms with Crippen molar-refractivity contribution in [2.24, 2.45) is 0 Å². The predicted octanol–water partition coefficient (Wildman–Crippen LogP) is 3.87. The molecule has 0 aliphatic rings. The first-order valence-electron chi connectivity index (χ1n) is 7.49. The molecule has 2 N–H and O–H groups in total. The number of anilines is 1. The van der Waals surface area contributed by atoms with Gasteiger partial charge in [-0.2, -0.15) is 5.26 Å². The van der Waals surface area contributed by atoms with Crippen LogP contribution in [-0.4, -0.2) is 24.3 Å². The van der Waals surface area contributed by atoms with Gasteiger partial charge in [-0.25, -0.2) is 4.79 Å². The maximum atomic E-state index is 12.0. The number of ether oxygens (including phenoxy) is 2. The van der Waals surface area contributed by atoms with E-state index in [1.807, 2.05) is 12.1 Å². The van der Waals surface area contributed by atoms with Crippen LogP contribution in [0.3, 0.4) is 0 Å². The molecule has 6 nitrogen and oxygen atoms in total. The summed E-state index contributed by atoms with van der Waals surface area (Å²) in [5.41, 5.74) is 6.17. The zero-order valence-corrected chi connectivity index (χ0v) is 16.2. The van der Waals surface area contributed by atoms with Gasteiger partial charge in [-0.05, 0) is 19.1 Å². The van der Waals surface area contributed by atoms with Crippen LogP contribution >= 0.6 is 34.7 Å². The number of nitrogens with two attached hydrogens (primary N) is 1. The number of esters is 2. The molecule has 0 radical (unpaired) electrons. The van der Waals surface area contributed by atoms with E-state index in [1.54, 1.807) is 25.1 Å². The van der Waals surface area contributed by atoms with E-state index in [4.69, 9.17) is 26.8 Å². The van der Waals surface area contributed by atoms with Crippen LogP contribution in [0.1, 0.15) is 27.7 Å². The van der Waals surface area contributed by atoms with Gasteiger partial charge in [0.1, 0.15) is 22.6 Å². The summed E-state index contributed by atoms with van der Waals surface area (Å²) in [6.45, 7) is 1.63. The van der Waals surface area contributed by atoms with Crippen molar-refractivity contribution in [1.29, 1.82) is 5.26 Å². The van der Waals surface area contributed by atoms with E-state index in [0.717, 1.165) is 16.2 Å². The van der Waals surface area contributed by atoms with E-state index in [2.05, 4.69) is 0 Å². The zero-order chi connectivity index (χ0) is 19.1. The smallest absolute Gasteiger partial charge is 0.348 e. The fourth-order valence-electron chi connectivity index (χ4n) is 2.00. The van der Waals surface area contributed by atoms with Gasteiger partial charge in [-0.1, -0.05) is 23.7 Å². The van der Waals surface area contributed by atoms with E-state index < -0.39 is 11.9 Å². The molecule has 2 rings (SSSR count). The van der Waals surface area contributed by atoms with Gasteiger partial charge >= 0.3 is 11.9 Å². The first kappa shape index (κ1) is 20.1. The lowest BCUT2D eigenvalue weighted by atomic mass is 10.1. The van der Waals surface area contributed by atoms with E-state index in [9.17, 15) is 14.9 Å². The number of nitrogens with zero attached hydrogens (tertiary/aromatic N) is 1. The van der Waals surface area contributed by atoms with Crippen molar-refractivity contribution in [2.75, 3.05) is 18.1 Å². The number of thiophene rings is 1. The molecule has 2 aromatic rings. The summed E-state index contributed by atoms with van der Waals surface area (Å²) in [6.07, 6.45) is 0. The van der Waals surface area contributed by atoms with Crippen molar-refractivity contribution >= 4 is 51.6 Å². The Kier molecular flexibility index (Phi) is 7.33. The van der Waals surface area contributed by atoms with Gasteiger partial charge in [0.05, 0.1) is 22.9 Å². The van der Waals surface area contributed by atoms with Gasteiger partial charge < -0.3 is 15.2 Å². The SMILES string of the molecule is CCOC(=O)c1sc(N)c(C#N)c1COC(=O)CSc1ccccc1Cl. The van der Waals surface area contributed by atoms with Crippen molar-refractivity contribution < 1.29 is 19.1 Å². The number of nitriles is 1. The second-order valence-electron chi connectivity index (χ2n) is 4.86. The highest BCUT2D eigenvalue weighted by molar-refractivity contribution is 8.00. The maximum absolute atomic E-state index is 12.0. The molecule has 0 spiro atoms. The molecule has 0 aliphatic carbocycles. The van der Waals surface area contributed by atoms with Crippen LogP contribution in [0.25, 0.3) is 0 Å². The molecular formula is C17H15ClN2O4S2. The Labute approximate surface area is 163 Å². The summed E-state index contributed by atoms with van der Waals surface area (Å²) in [5, 5.41) is 9.97. The summed E-state index contributed by atoms with van der Waals surface area (Å²) in [5.74, 6) is -1.06. The predicted molar refractivity (Wildman–Crippen MR) is 101 cm³/mol. The van der Waals surface area contributed by atoms with Gasteiger partial charge in [0.2, 0.25) is 0 Å². The topological polar surface area (TPSA) is 102 Å². The third kappa shape index (κ3) is 4.91. The first-order valence-corrected chi connectivity index (χ1v) is 9.67. The van der Waals surface area contributed by atoms with Crippen LogP contribution in [0.5, 0.6) is 0 Å². The Morgan fingerprint density at radius 3 is 2.73 bits per heavy atom. The summed E-state index contributed by atoms with van der Waals surface area (Å²) >= 11 is 8.22. The first-order chi connectivity index (χ1) is 12.5. The lowest BCUT2D eigenvalue weighted by molar-refractivity contribution is -0.141. The average molecular weight is 411 g/mol. The lowest BCUT2D eigenvalue weighted by Crippen LogP contribution is -2.11.